The van der Waals surface area contributed by atoms with Gasteiger partial charge in [0, 0.05) is 35.7 Å². The third-order valence-corrected chi connectivity index (χ3v) is 4.42. The van der Waals surface area contributed by atoms with Crippen molar-refractivity contribution >= 4 is 11.8 Å². The number of aryl methyl sites for hydroxylation is 1. The van der Waals surface area contributed by atoms with Gasteiger partial charge in [0.15, 0.2) is 0 Å². The van der Waals surface area contributed by atoms with Crippen LogP contribution in [0, 0.1) is 12.7 Å². The fourth-order valence-corrected chi connectivity index (χ4v) is 3.50. The number of benzene rings is 1. The lowest BCUT2D eigenvalue weighted by Gasteiger charge is -2.36. The number of hydrogen-bond donors (Lipinski definition) is 1. The van der Waals surface area contributed by atoms with Crippen LogP contribution in [-0.2, 0) is 0 Å². The van der Waals surface area contributed by atoms with Crippen molar-refractivity contribution in [3.05, 3.63) is 35.1 Å². The van der Waals surface area contributed by atoms with E-state index in [2.05, 4.69) is 11.9 Å². The molecule has 2 atom stereocenters. The average Bonchev–Trinajstić information content (AvgIpc) is 2.32. The molecule has 1 saturated heterocycles. The van der Waals surface area contributed by atoms with Crippen LogP contribution in [0.5, 0.6) is 0 Å². The SMILES string of the molecule is Cc1ccc(F)c(C(N)C2CSCCN2C)c1. The number of halogens is 1. The molecule has 1 aliphatic rings. The number of nitrogens with two attached hydrogens (primary N) is 1. The van der Waals surface area contributed by atoms with Crippen molar-refractivity contribution in [2.45, 2.75) is 19.0 Å². The molecule has 94 valence electrons. The van der Waals surface area contributed by atoms with E-state index < -0.39 is 0 Å². The third kappa shape index (κ3) is 2.81. The zero-order chi connectivity index (χ0) is 12.4. The maximum absolute atomic E-state index is 13.8. The molecule has 0 bridgehead atoms. The summed E-state index contributed by atoms with van der Waals surface area (Å²) in [6.45, 7) is 2.99. The molecule has 2 unspecified atom stereocenters. The highest BCUT2D eigenvalue weighted by Gasteiger charge is 2.28. The summed E-state index contributed by atoms with van der Waals surface area (Å²) in [6, 6.07) is 5.15. The van der Waals surface area contributed by atoms with Crippen molar-refractivity contribution in [2.24, 2.45) is 5.73 Å². The lowest BCUT2D eigenvalue weighted by molar-refractivity contribution is 0.235. The number of likely N-dealkylation sites (N-methyl/N-ethyl adjacent to an activating group) is 1. The highest BCUT2D eigenvalue weighted by Crippen LogP contribution is 2.27. The van der Waals surface area contributed by atoms with Crippen LogP contribution < -0.4 is 5.73 Å². The second kappa shape index (κ2) is 5.38. The van der Waals surface area contributed by atoms with E-state index in [0.717, 1.165) is 23.6 Å². The smallest absolute Gasteiger partial charge is 0.128 e. The molecule has 1 aromatic carbocycles. The van der Waals surface area contributed by atoms with Gasteiger partial charge in [0.1, 0.15) is 5.82 Å². The van der Waals surface area contributed by atoms with Crippen molar-refractivity contribution < 1.29 is 4.39 Å². The molecular formula is C13H19FN2S. The second-order valence-electron chi connectivity index (χ2n) is 4.67. The van der Waals surface area contributed by atoms with E-state index in [1.807, 2.05) is 24.8 Å². The van der Waals surface area contributed by atoms with Gasteiger partial charge in [-0.3, -0.25) is 4.90 Å². The first kappa shape index (κ1) is 12.9. The lowest BCUT2D eigenvalue weighted by Crippen LogP contribution is -2.46. The molecule has 1 aliphatic heterocycles. The minimum Gasteiger partial charge on any atom is -0.323 e. The molecule has 0 aliphatic carbocycles. The Kier molecular flexibility index (Phi) is 4.07. The molecular weight excluding hydrogens is 235 g/mol. The Morgan fingerprint density at radius 3 is 3.00 bits per heavy atom. The molecule has 1 heterocycles. The normalized spacial score (nSPS) is 23.6. The van der Waals surface area contributed by atoms with E-state index >= 15 is 0 Å². The van der Waals surface area contributed by atoms with Crippen molar-refractivity contribution in [1.29, 1.82) is 0 Å². The number of nitrogens with zero attached hydrogens (tertiary/aromatic N) is 1. The van der Waals surface area contributed by atoms with Crippen LogP contribution in [0.15, 0.2) is 18.2 Å². The second-order valence-corrected chi connectivity index (χ2v) is 5.82. The molecule has 2 N–H and O–H groups in total. The molecule has 0 radical (unpaired) electrons. The van der Waals surface area contributed by atoms with Gasteiger partial charge in [-0.25, -0.2) is 4.39 Å². The van der Waals surface area contributed by atoms with Crippen LogP contribution >= 0.6 is 11.8 Å². The number of rotatable bonds is 2. The topological polar surface area (TPSA) is 29.3 Å². The molecule has 0 aromatic heterocycles. The Bertz CT molecular complexity index is 397. The van der Waals surface area contributed by atoms with Crippen LogP contribution in [0.4, 0.5) is 4.39 Å². The molecule has 4 heteroatoms. The summed E-state index contributed by atoms with van der Waals surface area (Å²) in [5.74, 6) is 1.92. The first-order chi connectivity index (χ1) is 8.09. The van der Waals surface area contributed by atoms with Crippen molar-refractivity contribution in [2.75, 3.05) is 25.1 Å². The van der Waals surface area contributed by atoms with Gasteiger partial charge in [-0.05, 0) is 20.0 Å². The van der Waals surface area contributed by atoms with E-state index in [0.29, 0.717) is 5.56 Å². The summed E-state index contributed by atoms with van der Waals surface area (Å²) in [7, 11) is 2.07. The molecule has 0 amide bonds. The van der Waals surface area contributed by atoms with Gasteiger partial charge in [-0.15, -0.1) is 0 Å². The van der Waals surface area contributed by atoms with E-state index in [-0.39, 0.29) is 17.9 Å². The first-order valence-corrected chi connectivity index (χ1v) is 7.04. The zero-order valence-electron chi connectivity index (χ0n) is 10.3. The molecule has 0 spiro atoms. The van der Waals surface area contributed by atoms with Gasteiger partial charge in [0.25, 0.3) is 0 Å². The van der Waals surface area contributed by atoms with E-state index in [1.54, 1.807) is 6.07 Å². The predicted octanol–water partition coefficient (Wildman–Crippen LogP) is 2.18. The molecule has 0 saturated carbocycles. The Hall–Kier alpha value is -0.580. The van der Waals surface area contributed by atoms with Crippen molar-refractivity contribution in [3.8, 4) is 0 Å². The van der Waals surface area contributed by atoms with Gasteiger partial charge in [-0.1, -0.05) is 17.7 Å². The number of hydrogen-bond acceptors (Lipinski definition) is 3. The van der Waals surface area contributed by atoms with Gasteiger partial charge in [0.05, 0.1) is 0 Å². The fraction of sp³-hybridized carbons (Fsp3) is 0.538. The minimum atomic E-state index is -0.243. The third-order valence-electron chi connectivity index (χ3n) is 3.37. The Morgan fingerprint density at radius 2 is 2.29 bits per heavy atom. The van der Waals surface area contributed by atoms with Crippen LogP contribution in [0.1, 0.15) is 17.2 Å². The summed E-state index contributed by atoms with van der Waals surface area (Å²) in [4.78, 5) is 2.24. The van der Waals surface area contributed by atoms with Crippen LogP contribution in [0.3, 0.4) is 0 Å². The van der Waals surface area contributed by atoms with E-state index in [9.17, 15) is 4.39 Å². The summed E-state index contributed by atoms with van der Waals surface area (Å²) >= 11 is 1.90. The molecule has 17 heavy (non-hydrogen) atoms. The largest absolute Gasteiger partial charge is 0.323 e. The van der Waals surface area contributed by atoms with Crippen molar-refractivity contribution in [1.82, 2.24) is 4.90 Å². The molecule has 2 rings (SSSR count). The summed E-state index contributed by atoms with van der Waals surface area (Å²) in [6.07, 6.45) is 0. The minimum absolute atomic E-state index is 0.188. The standard InChI is InChI=1S/C13H19FN2S/c1-9-3-4-11(14)10(7-9)13(15)12-8-17-6-5-16(12)2/h3-4,7,12-13H,5-6,8,15H2,1-2H3. The van der Waals surface area contributed by atoms with Crippen molar-refractivity contribution in [3.63, 3.8) is 0 Å². The maximum atomic E-state index is 13.8. The monoisotopic (exact) mass is 254 g/mol. The predicted molar refractivity (Wildman–Crippen MR) is 71.8 cm³/mol. The van der Waals surface area contributed by atoms with Gasteiger partial charge < -0.3 is 5.73 Å². The van der Waals surface area contributed by atoms with E-state index in [1.165, 1.54) is 6.07 Å². The first-order valence-electron chi connectivity index (χ1n) is 5.89. The van der Waals surface area contributed by atoms with Gasteiger partial charge in [0.2, 0.25) is 0 Å². The number of thioether (sulfide) groups is 1. The van der Waals surface area contributed by atoms with Crippen LogP contribution in [0.2, 0.25) is 0 Å². The summed E-state index contributed by atoms with van der Waals surface area (Å²) in [5.41, 5.74) is 7.94. The van der Waals surface area contributed by atoms with Crippen LogP contribution in [-0.4, -0.2) is 36.0 Å². The van der Waals surface area contributed by atoms with Gasteiger partial charge >= 0.3 is 0 Å². The summed E-state index contributed by atoms with van der Waals surface area (Å²) < 4.78 is 13.8. The Balaban J connectivity index is 2.23. The lowest BCUT2D eigenvalue weighted by atomic mass is 9.98. The van der Waals surface area contributed by atoms with E-state index in [4.69, 9.17) is 5.73 Å². The average molecular weight is 254 g/mol. The highest BCUT2D eigenvalue weighted by molar-refractivity contribution is 7.99. The molecule has 1 fully saturated rings. The Morgan fingerprint density at radius 1 is 1.53 bits per heavy atom. The van der Waals surface area contributed by atoms with Gasteiger partial charge in [-0.2, -0.15) is 11.8 Å². The quantitative estimate of drug-likeness (QED) is 0.877. The maximum Gasteiger partial charge on any atom is 0.128 e. The zero-order valence-corrected chi connectivity index (χ0v) is 11.1. The molecule has 1 aromatic rings. The Labute approximate surface area is 106 Å². The molecule has 2 nitrogen and oxygen atoms in total. The van der Waals surface area contributed by atoms with Crippen LogP contribution in [0.25, 0.3) is 0 Å². The fourth-order valence-electron chi connectivity index (χ4n) is 2.21. The summed E-state index contributed by atoms with van der Waals surface area (Å²) in [5, 5.41) is 0. The highest BCUT2D eigenvalue weighted by atomic mass is 32.2.